The van der Waals surface area contributed by atoms with Gasteiger partial charge in [0.25, 0.3) is 6.43 Å². The molecule has 0 N–H and O–H groups in total. The van der Waals surface area contributed by atoms with Crippen LogP contribution in [0.3, 0.4) is 0 Å². The van der Waals surface area contributed by atoms with Crippen molar-refractivity contribution in [3.8, 4) is 0 Å². The fourth-order valence-electron chi connectivity index (χ4n) is 1.13. The molecule has 1 rings (SSSR count). The van der Waals surface area contributed by atoms with Crippen molar-refractivity contribution in [2.45, 2.75) is 12.5 Å². The van der Waals surface area contributed by atoms with E-state index in [0.29, 0.717) is 9.99 Å². The largest absolute Gasteiger partial charge is 0.367 e. The van der Waals surface area contributed by atoms with Gasteiger partial charge in [0.05, 0.1) is 6.10 Å². The van der Waals surface area contributed by atoms with E-state index < -0.39 is 19.1 Å². The molecule has 84 valence electrons. The van der Waals surface area contributed by atoms with Crippen molar-refractivity contribution in [1.29, 1.82) is 0 Å². The zero-order chi connectivity index (χ0) is 11.3. The fourth-order valence-corrected chi connectivity index (χ4v) is 1.89. The predicted molar refractivity (Wildman–Crippen MR) is 60.0 cm³/mol. The van der Waals surface area contributed by atoms with Crippen LogP contribution in [0.15, 0.2) is 24.3 Å². The first-order valence-corrected chi connectivity index (χ1v) is 5.87. The molecule has 0 aliphatic carbocycles. The maximum absolute atomic E-state index is 12.9. The summed E-state index contributed by atoms with van der Waals surface area (Å²) in [4.78, 5) is 0. The number of halogens is 4. The third-order valence-electron chi connectivity index (χ3n) is 1.78. The van der Waals surface area contributed by atoms with Crippen molar-refractivity contribution in [3.63, 3.8) is 0 Å². The first-order chi connectivity index (χ1) is 7.13. The summed E-state index contributed by atoms with van der Waals surface area (Å²) in [6.45, 7) is -0.621. The standard InChI is InChI=1S/C10H10F3IO/c11-8-3-1-2-7(4-8)9(5-14)15-6-10(12)13/h1-4,9-10H,5-6H2. The Morgan fingerprint density at radius 1 is 1.33 bits per heavy atom. The van der Waals surface area contributed by atoms with E-state index in [9.17, 15) is 13.2 Å². The molecule has 0 spiro atoms. The van der Waals surface area contributed by atoms with E-state index in [1.54, 1.807) is 6.07 Å². The van der Waals surface area contributed by atoms with Crippen molar-refractivity contribution in [2.24, 2.45) is 0 Å². The molecule has 1 aromatic rings. The molecule has 0 aromatic heterocycles. The van der Waals surface area contributed by atoms with Crippen molar-refractivity contribution >= 4 is 22.6 Å². The van der Waals surface area contributed by atoms with Crippen LogP contribution in [-0.4, -0.2) is 17.5 Å². The molecule has 1 nitrogen and oxygen atoms in total. The molecule has 0 saturated heterocycles. The Kier molecular flexibility index (Phi) is 5.38. The number of benzene rings is 1. The lowest BCUT2D eigenvalue weighted by Crippen LogP contribution is -2.11. The Morgan fingerprint density at radius 2 is 2.07 bits per heavy atom. The van der Waals surface area contributed by atoms with E-state index >= 15 is 0 Å². The summed E-state index contributed by atoms with van der Waals surface area (Å²) < 4.78 is 42.2. The smallest absolute Gasteiger partial charge is 0.261 e. The normalized spacial score (nSPS) is 13.1. The highest BCUT2D eigenvalue weighted by atomic mass is 127. The van der Waals surface area contributed by atoms with Gasteiger partial charge in [-0.2, -0.15) is 0 Å². The van der Waals surface area contributed by atoms with Gasteiger partial charge in [-0.3, -0.25) is 0 Å². The minimum Gasteiger partial charge on any atom is -0.367 e. The van der Waals surface area contributed by atoms with Gasteiger partial charge in [-0.25, -0.2) is 13.2 Å². The SMILES string of the molecule is Fc1cccc(C(CI)OCC(F)F)c1. The van der Waals surface area contributed by atoms with Crippen molar-refractivity contribution in [2.75, 3.05) is 11.0 Å². The quantitative estimate of drug-likeness (QED) is 0.592. The second-order valence-corrected chi connectivity index (χ2v) is 3.80. The van der Waals surface area contributed by atoms with Crippen LogP contribution in [0.5, 0.6) is 0 Å². The molecule has 1 unspecified atom stereocenters. The van der Waals surface area contributed by atoms with Crippen molar-refractivity contribution < 1.29 is 17.9 Å². The number of rotatable bonds is 5. The van der Waals surface area contributed by atoms with E-state index in [-0.39, 0.29) is 5.82 Å². The summed E-state index contributed by atoms with van der Waals surface area (Å²) in [7, 11) is 0. The highest BCUT2D eigenvalue weighted by Gasteiger charge is 2.13. The molecule has 5 heteroatoms. The maximum Gasteiger partial charge on any atom is 0.261 e. The third kappa shape index (κ3) is 4.38. The number of hydrogen-bond donors (Lipinski definition) is 0. The molecule has 0 radical (unpaired) electrons. The minimum atomic E-state index is -2.50. The summed E-state index contributed by atoms with van der Waals surface area (Å²) in [6.07, 6.45) is -2.97. The summed E-state index contributed by atoms with van der Waals surface area (Å²) in [6, 6.07) is 5.81. The Morgan fingerprint density at radius 3 is 2.60 bits per heavy atom. The van der Waals surface area contributed by atoms with Crippen LogP contribution in [0.2, 0.25) is 0 Å². The third-order valence-corrected chi connectivity index (χ3v) is 2.58. The average molecular weight is 330 g/mol. The lowest BCUT2D eigenvalue weighted by atomic mass is 10.1. The molecule has 0 amide bonds. The van der Waals surface area contributed by atoms with Gasteiger partial charge < -0.3 is 4.74 Å². The lowest BCUT2D eigenvalue weighted by molar-refractivity contribution is -0.0154. The number of ether oxygens (including phenoxy) is 1. The molecule has 1 aromatic carbocycles. The molecule has 0 aliphatic heterocycles. The van der Waals surface area contributed by atoms with Gasteiger partial charge in [-0.05, 0) is 17.7 Å². The predicted octanol–water partition coefficient (Wildman–Crippen LogP) is 3.58. The summed E-state index contributed by atoms with van der Waals surface area (Å²) in [5.74, 6) is -0.386. The molecular formula is C10H10F3IO. The highest BCUT2D eigenvalue weighted by molar-refractivity contribution is 14.1. The summed E-state index contributed by atoms with van der Waals surface area (Å²) in [5.41, 5.74) is 0.588. The van der Waals surface area contributed by atoms with Crippen LogP contribution in [0.4, 0.5) is 13.2 Å². The summed E-state index contributed by atoms with van der Waals surface area (Å²) in [5, 5.41) is 0. The van der Waals surface area contributed by atoms with Crippen LogP contribution in [0.25, 0.3) is 0 Å². The molecule has 0 bridgehead atoms. The number of alkyl halides is 3. The van der Waals surface area contributed by atoms with Gasteiger partial charge in [0.1, 0.15) is 12.4 Å². The van der Waals surface area contributed by atoms with Gasteiger partial charge in [-0.1, -0.05) is 34.7 Å². The van der Waals surface area contributed by atoms with Gasteiger partial charge in [-0.15, -0.1) is 0 Å². The maximum atomic E-state index is 12.9. The van der Waals surface area contributed by atoms with Crippen molar-refractivity contribution in [1.82, 2.24) is 0 Å². The van der Waals surface area contributed by atoms with Crippen LogP contribution in [-0.2, 0) is 4.74 Å². The molecule has 1 atom stereocenters. The van der Waals surface area contributed by atoms with Gasteiger partial charge in [0.15, 0.2) is 0 Å². The number of hydrogen-bond acceptors (Lipinski definition) is 1. The monoisotopic (exact) mass is 330 g/mol. The summed E-state index contributed by atoms with van der Waals surface area (Å²) >= 11 is 2.02. The van der Waals surface area contributed by atoms with Gasteiger partial charge >= 0.3 is 0 Å². The molecule has 0 saturated carbocycles. The van der Waals surface area contributed by atoms with Gasteiger partial charge in [0, 0.05) is 4.43 Å². The second-order valence-electron chi connectivity index (χ2n) is 2.92. The van der Waals surface area contributed by atoms with E-state index in [4.69, 9.17) is 4.74 Å². The first kappa shape index (κ1) is 12.8. The van der Waals surface area contributed by atoms with E-state index in [1.165, 1.54) is 18.2 Å². The Balaban J connectivity index is 2.65. The minimum absolute atomic E-state index is 0.386. The lowest BCUT2D eigenvalue weighted by Gasteiger charge is -2.15. The zero-order valence-electron chi connectivity index (χ0n) is 7.80. The average Bonchev–Trinajstić information content (AvgIpc) is 2.18. The van der Waals surface area contributed by atoms with E-state index in [2.05, 4.69) is 0 Å². The van der Waals surface area contributed by atoms with Crippen LogP contribution in [0, 0.1) is 5.82 Å². The van der Waals surface area contributed by atoms with E-state index in [1.807, 2.05) is 22.6 Å². The molecule has 0 aliphatic rings. The fraction of sp³-hybridized carbons (Fsp3) is 0.400. The topological polar surface area (TPSA) is 9.23 Å². The molecule has 0 heterocycles. The molecule has 15 heavy (non-hydrogen) atoms. The van der Waals surface area contributed by atoms with Crippen LogP contribution >= 0.6 is 22.6 Å². The second kappa shape index (κ2) is 6.32. The first-order valence-electron chi connectivity index (χ1n) is 4.34. The van der Waals surface area contributed by atoms with Gasteiger partial charge in [0.2, 0.25) is 0 Å². The highest BCUT2D eigenvalue weighted by Crippen LogP contribution is 2.21. The zero-order valence-corrected chi connectivity index (χ0v) is 9.96. The van der Waals surface area contributed by atoms with Crippen LogP contribution in [0.1, 0.15) is 11.7 Å². The Bertz CT molecular complexity index is 306. The Labute approximate surface area is 99.8 Å². The van der Waals surface area contributed by atoms with E-state index in [0.717, 1.165) is 0 Å². The van der Waals surface area contributed by atoms with Crippen molar-refractivity contribution in [3.05, 3.63) is 35.6 Å². The molecule has 0 fully saturated rings. The van der Waals surface area contributed by atoms with Crippen LogP contribution < -0.4 is 0 Å². The Hall–Kier alpha value is -0.300. The molecular weight excluding hydrogens is 320 g/mol.